The Balaban J connectivity index is 2.28. The summed E-state index contributed by atoms with van der Waals surface area (Å²) in [6.45, 7) is 7.29. The molecule has 0 saturated carbocycles. The molecule has 5 heteroatoms. The van der Waals surface area contributed by atoms with E-state index in [2.05, 4.69) is 30.7 Å². The maximum absolute atomic E-state index is 12.5. The summed E-state index contributed by atoms with van der Waals surface area (Å²) in [5, 5.41) is 0. The first-order valence-electron chi connectivity index (χ1n) is 6.56. The molecule has 0 radical (unpaired) electrons. The Morgan fingerprint density at radius 2 is 2.00 bits per heavy atom. The molecule has 0 spiro atoms. The Kier molecular flexibility index (Phi) is 3.49. The van der Waals surface area contributed by atoms with Crippen molar-refractivity contribution < 1.29 is 13.2 Å². The molecule has 1 aliphatic rings. The van der Waals surface area contributed by atoms with E-state index >= 15 is 0 Å². The van der Waals surface area contributed by atoms with Gasteiger partial charge in [0, 0.05) is 18.3 Å². The van der Waals surface area contributed by atoms with Crippen LogP contribution in [0.4, 0.5) is 19.0 Å². The Labute approximate surface area is 111 Å². The molecule has 1 fully saturated rings. The number of hydrogen-bond donors (Lipinski definition) is 0. The van der Waals surface area contributed by atoms with Crippen molar-refractivity contribution in [3.05, 3.63) is 23.9 Å². The largest absolute Gasteiger partial charge is 0.417 e. The van der Waals surface area contributed by atoms with Gasteiger partial charge < -0.3 is 4.90 Å². The predicted molar refractivity (Wildman–Crippen MR) is 69.1 cm³/mol. The summed E-state index contributed by atoms with van der Waals surface area (Å²) in [4.78, 5) is 6.15. The van der Waals surface area contributed by atoms with Crippen LogP contribution in [0.15, 0.2) is 18.3 Å². The molecule has 1 atom stereocenters. The Hall–Kier alpha value is -1.26. The third kappa shape index (κ3) is 2.55. The fourth-order valence-electron chi connectivity index (χ4n) is 2.68. The average Bonchev–Trinajstić information content (AvgIpc) is 2.72. The van der Waals surface area contributed by atoms with E-state index in [-0.39, 0.29) is 5.54 Å². The number of nitrogens with zero attached hydrogens (tertiary/aromatic N) is 2. The summed E-state index contributed by atoms with van der Waals surface area (Å²) in [5.41, 5.74) is -0.714. The second-order valence-electron chi connectivity index (χ2n) is 5.67. The number of anilines is 1. The normalized spacial score (nSPS) is 24.3. The highest BCUT2D eigenvalue weighted by Gasteiger charge is 2.40. The molecular weight excluding hydrogens is 253 g/mol. The highest BCUT2D eigenvalue weighted by Crippen LogP contribution is 2.39. The van der Waals surface area contributed by atoms with Crippen molar-refractivity contribution in [2.24, 2.45) is 5.92 Å². The van der Waals surface area contributed by atoms with Crippen LogP contribution >= 0.6 is 0 Å². The first-order chi connectivity index (χ1) is 8.75. The van der Waals surface area contributed by atoms with Crippen LogP contribution in [0.3, 0.4) is 0 Å². The van der Waals surface area contributed by atoms with E-state index in [0.717, 1.165) is 31.6 Å². The fourth-order valence-corrected chi connectivity index (χ4v) is 2.68. The van der Waals surface area contributed by atoms with Crippen molar-refractivity contribution in [3.8, 4) is 0 Å². The van der Waals surface area contributed by atoms with Gasteiger partial charge in [0.25, 0.3) is 0 Å². The summed E-state index contributed by atoms with van der Waals surface area (Å²) >= 11 is 0. The van der Waals surface area contributed by atoms with Crippen LogP contribution in [0, 0.1) is 5.92 Å². The molecule has 2 heterocycles. The molecule has 106 valence electrons. The molecule has 1 saturated heterocycles. The molecule has 0 aliphatic carbocycles. The molecule has 0 aromatic carbocycles. The first-order valence-corrected chi connectivity index (χ1v) is 6.56. The molecule has 0 bridgehead atoms. The van der Waals surface area contributed by atoms with E-state index in [1.807, 2.05) is 0 Å². The van der Waals surface area contributed by atoms with Gasteiger partial charge in [0.15, 0.2) is 0 Å². The molecule has 0 unspecified atom stereocenters. The second-order valence-corrected chi connectivity index (χ2v) is 5.67. The van der Waals surface area contributed by atoms with Crippen molar-refractivity contribution >= 4 is 5.82 Å². The SMILES string of the molecule is CC(C)[C@]1(C)CCCN1c1ccc(C(F)(F)F)cn1. The van der Waals surface area contributed by atoms with Gasteiger partial charge in [-0.1, -0.05) is 13.8 Å². The number of alkyl halides is 3. The van der Waals surface area contributed by atoms with Gasteiger partial charge in [0.1, 0.15) is 5.82 Å². The van der Waals surface area contributed by atoms with E-state index < -0.39 is 11.7 Å². The quantitative estimate of drug-likeness (QED) is 0.805. The zero-order valence-corrected chi connectivity index (χ0v) is 11.5. The highest BCUT2D eigenvalue weighted by molar-refractivity contribution is 5.44. The lowest BCUT2D eigenvalue weighted by molar-refractivity contribution is -0.137. The molecule has 1 aliphatic heterocycles. The fraction of sp³-hybridized carbons (Fsp3) is 0.643. The lowest BCUT2D eigenvalue weighted by Gasteiger charge is -2.39. The van der Waals surface area contributed by atoms with Crippen LogP contribution < -0.4 is 4.90 Å². The summed E-state index contributed by atoms with van der Waals surface area (Å²) in [6.07, 6.45) is -1.29. The monoisotopic (exact) mass is 272 g/mol. The van der Waals surface area contributed by atoms with E-state index in [9.17, 15) is 13.2 Å². The van der Waals surface area contributed by atoms with Gasteiger partial charge in [0.05, 0.1) is 5.56 Å². The maximum Gasteiger partial charge on any atom is 0.417 e. The molecule has 2 rings (SSSR count). The van der Waals surface area contributed by atoms with Crippen LogP contribution in [-0.4, -0.2) is 17.1 Å². The highest BCUT2D eigenvalue weighted by atomic mass is 19.4. The average molecular weight is 272 g/mol. The number of halogens is 3. The molecule has 1 aromatic rings. The molecular formula is C14H19F3N2. The number of pyridine rings is 1. The standard InChI is InChI=1S/C14H19F3N2/c1-10(2)13(3)7-4-8-19(13)12-6-5-11(9-18-12)14(15,16)17/h5-6,9-10H,4,7-8H2,1-3H3/t13-/m0/s1. The Bertz CT molecular complexity index is 439. The van der Waals surface area contributed by atoms with Gasteiger partial charge >= 0.3 is 6.18 Å². The zero-order valence-electron chi connectivity index (χ0n) is 11.5. The van der Waals surface area contributed by atoms with Gasteiger partial charge in [-0.25, -0.2) is 4.98 Å². The van der Waals surface area contributed by atoms with Gasteiger partial charge in [-0.05, 0) is 37.8 Å². The Morgan fingerprint density at radius 1 is 1.32 bits per heavy atom. The molecule has 1 aromatic heterocycles. The first kappa shape index (κ1) is 14.2. The molecule has 0 N–H and O–H groups in total. The van der Waals surface area contributed by atoms with Crippen molar-refractivity contribution in [1.82, 2.24) is 4.98 Å². The van der Waals surface area contributed by atoms with E-state index in [0.29, 0.717) is 11.7 Å². The van der Waals surface area contributed by atoms with Gasteiger partial charge in [0.2, 0.25) is 0 Å². The summed E-state index contributed by atoms with van der Waals surface area (Å²) in [7, 11) is 0. The van der Waals surface area contributed by atoms with Crippen LogP contribution in [0.2, 0.25) is 0 Å². The summed E-state index contributed by atoms with van der Waals surface area (Å²) in [5.74, 6) is 1.07. The topological polar surface area (TPSA) is 16.1 Å². The van der Waals surface area contributed by atoms with Crippen LogP contribution in [-0.2, 0) is 6.18 Å². The predicted octanol–water partition coefficient (Wildman–Crippen LogP) is 4.12. The van der Waals surface area contributed by atoms with Crippen LogP contribution in [0.25, 0.3) is 0 Å². The van der Waals surface area contributed by atoms with Crippen LogP contribution in [0.5, 0.6) is 0 Å². The van der Waals surface area contributed by atoms with Crippen molar-refractivity contribution in [1.29, 1.82) is 0 Å². The Morgan fingerprint density at radius 3 is 2.47 bits per heavy atom. The third-order valence-electron chi connectivity index (χ3n) is 4.28. The lowest BCUT2D eigenvalue weighted by atomic mass is 9.86. The van der Waals surface area contributed by atoms with E-state index in [1.165, 1.54) is 6.07 Å². The molecule has 0 amide bonds. The van der Waals surface area contributed by atoms with Gasteiger partial charge in [-0.3, -0.25) is 0 Å². The van der Waals surface area contributed by atoms with E-state index in [1.54, 1.807) is 0 Å². The van der Waals surface area contributed by atoms with Crippen molar-refractivity contribution in [3.63, 3.8) is 0 Å². The minimum absolute atomic E-state index is 0.0211. The van der Waals surface area contributed by atoms with Crippen molar-refractivity contribution in [2.45, 2.75) is 45.3 Å². The van der Waals surface area contributed by atoms with Crippen LogP contribution in [0.1, 0.15) is 39.2 Å². The minimum atomic E-state index is -4.32. The third-order valence-corrected chi connectivity index (χ3v) is 4.28. The summed E-state index contributed by atoms with van der Waals surface area (Å²) < 4.78 is 37.6. The smallest absolute Gasteiger partial charge is 0.351 e. The van der Waals surface area contributed by atoms with Gasteiger partial charge in [-0.15, -0.1) is 0 Å². The zero-order chi connectivity index (χ0) is 14.3. The summed E-state index contributed by atoms with van der Waals surface area (Å²) in [6, 6.07) is 2.59. The molecule has 2 nitrogen and oxygen atoms in total. The van der Waals surface area contributed by atoms with Crippen molar-refractivity contribution in [2.75, 3.05) is 11.4 Å². The minimum Gasteiger partial charge on any atom is -0.351 e. The maximum atomic E-state index is 12.5. The number of rotatable bonds is 2. The number of hydrogen-bond acceptors (Lipinski definition) is 2. The van der Waals surface area contributed by atoms with Gasteiger partial charge in [-0.2, -0.15) is 13.2 Å². The second kappa shape index (κ2) is 4.69. The molecule has 19 heavy (non-hydrogen) atoms. The lowest BCUT2D eigenvalue weighted by Crippen LogP contribution is -2.46. The number of aromatic nitrogens is 1. The van der Waals surface area contributed by atoms with E-state index in [4.69, 9.17) is 0 Å².